The van der Waals surface area contributed by atoms with E-state index in [1.807, 2.05) is 56.3 Å². The van der Waals surface area contributed by atoms with Gasteiger partial charge in [-0.2, -0.15) is 0 Å². The van der Waals surface area contributed by atoms with Gasteiger partial charge >= 0.3 is 8.25 Å². The van der Waals surface area contributed by atoms with Crippen molar-refractivity contribution in [3.05, 3.63) is 70.9 Å². The highest BCUT2D eigenvalue weighted by Crippen LogP contribution is 2.32. The molecule has 0 aliphatic heterocycles. The van der Waals surface area contributed by atoms with Crippen LogP contribution in [0.3, 0.4) is 0 Å². The molecule has 0 aliphatic rings. The van der Waals surface area contributed by atoms with Crippen LogP contribution in [0, 0.1) is 0 Å². The van der Waals surface area contributed by atoms with Crippen LogP contribution in [0.25, 0.3) is 11.3 Å². The van der Waals surface area contributed by atoms with E-state index in [1.54, 1.807) is 6.26 Å². The van der Waals surface area contributed by atoms with Gasteiger partial charge in [0.05, 0.1) is 29.6 Å². The van der Waals surface area contributed by atoms with Gasteiger partial charge in [-0.3, -0.25) is 0 Å². The number of hydrogen-bond acceptors (Lipinski definition) is 6. The Kier molecular flexibility index (Phi) is 11.0. The van der Waals surface area contributed by atoms with E-state index in [9.17, 15) is 4.57 Å². The molecule has 3 aromatic rings. The summed E-state index contributed by atoms with van der Waals surface area (Å²) in [5.74, 6) is 2.21. The van der Waals surface area contributed by atoms with Gasteiger partial charge in [0.15, 0.2) is 0 Å². The number of hydrogen-bond donors (Lipinski definition) is 2. The summed E-state index contributed by atoms with van der Waals surface area (Å²) in [6, 6.07) is 15.7. The summed E-state index contributed by atoms with van der Waals surface area (Å²) in [7, 11) is -2.53. The summed E-state index contributed by atoms with van der Waals surface area (Å²) in [5.41, 5.74) is 3.11. The Hall–Kier alpha value is -2.41. The average molecular weight is 521 g/mol. The molecule has 3 rings (SSSR count). The van der Waals surface area contributed by atoms with E-state index in [2.05, 4.69) is 15.9 Å². The summed E-state index contributed by atoms with van der Waals surface area (Å²) in [6.45, 7) is 6.07. The van der Waals surface area contributed by atoms with Gasteiger partial charge in [-0.15, -0.1) is 9.42 Å². The summed E-state index contributed by atoms with van der Waals surface area (Å²) >= 11 is 6.35. The molecule has 1 atom stereocenters. The first-order valence-corrected chi connectivity index (χ1v) is 13.2. The molecule has 1 unspecified atom stereocenters. The summed E-state index contributed by atoms with van der Waals surface area (Å²) in [6.07, 6.45) is 4.05. The second-order valence-electron chi connectivity index (χ2n) is 8.29. The van der Waals surface area contributed by atoms with Crippen molar-refractivity contribution in [2.45, 2.75) is 45.8 Å². The van der Waals surface area contributed by atoms with Crippen molar-refractivity contribution in [3.8, 4) is 22.8 Å². The van der Waals surface area contributed by atoms with Gasteiger partial charge in [-0.05, 0) is 87.2 Å². The molecule has 0 amide bonds. The standard InChI is InChI=1S/C26H31ClNO6P/c1-19(2)34-26-11-8-20(17-23(26)27)6-3-13-32-25-10-9-21(16-22(25)24-7-4-14-31-24)18-28-12-5-15-33-35(29)30/h4,7-11,14,16-17,19,28H,3,5-6,12-13,15,18H2,1-2H3/p+1. The molecule has 35 heavy (non-hydrogen) atoms. The van der Waals surface area contributed by atoms with E-state index in [4.69, 9.17) is 30.4 Å². The lowest BCUT2D eigenvalue weighted by Gasteiger charge is -2.14. The normalized spacial score (nSPS) is 11.6. The van der Waals surface area contributed by atoms with E-state index >= 15 is 0 Å². The van der Waals surface area contributed by atoms with Crippen LogP contribution >= 0.6 is 19.9 Å². The van der Waals surface area contributed by atoms with E-state index < -0.39 is 8.25 Å². The van der Waals surface area contributed by atoms with Crippen LogP contribution in [0.5, 0.6) is 11.5 Å². The highest BCUT2D eigenvalue weighted by Gasteiger charge is 2.12. The van der Waals surface area contributed by atoms with Gasteiger partial charge < -0.3 is 19.2 Å². The molecule has 7 nitrogen and oxygen atoms in total. The number of benzene rings is 2. The zero-order chi connectivity index (χ0) is 25.0. The van der Waals surface area contributed by atoms with Crippen LogP contribution in [0.15, 0.2) is 59.2 Å². The monoisotopic (exact) mass is 520 g/mol. The molecule has 9 heteroatoms. The van der Waals surface area contributed by atoms with Gasteiger partial charge in [0, 0.05) is 11.1 Å². The van der Waals surface area contributed by atoms with Crippen molar-refractivity contribution in [2.75, 3.05) is 19.8 Å². The predicted octanol–water partition coefficient (Wildman–Crippen LogP) is 6.54. The fraction of sp³-hybridized carbons (Fsp3) is 0.385. The number of rotatable bonds is 15. The van der Waals surface area contributed by atoms with Crippen molar-refractivity contribution < 1.29 is 27.9 Å². The highest BCUT2D eigenvalue weighted by molar-refractivity contribution is 7.32. The molecule has 1 aromatic heterocycles. The van der Waals surface area contributed by atoms with Crippen LogP contribution in [-0.4, -0.2) is 30.8 Å². The third-order valence-corrected chi connectivity index (χ3v) is 5.78. The first kappa shape index (κ1) is 27.2. The molecule has 0 saturated carbocycles. The molecule has 0 spiro atoms. The SMILES string of the molecule is CC(C)Oc1ccc(CCCOc2ccc(CNCCCO[P+](=O)O)cc2-c2ccco2)cc1Cl. The smallest absolute Gasteiger partial charge is 0.493 e. The number of aryl methyl sites for hydroxylation is 1. The minimum Gasteiger partial charge on any atom is -0.493 e. The molecule has 188 valence electrons. The van der Waals surface area contributed by atoms with Gasteiger partial charge in [0.25, 0.3) is 0 Å². The van der Waals surface area contributed by atoms with Crippen molar-refractivity contribution in [1.82, 2.24) is 5.32 Å². The Bertz CT molecular complexity index is 1070. The molecule has 0 bridgehead atoms. The topological polar surface area (TPSA) is 90.2 Å². The molecule has 0 radical (unpaired) electrons. The van der Waals surface area contributed by atoms with Gasteiger partial charge in [-0.1, -0.05) is 23.7 Å². The number of nitrogens with one attached hydrogen (secondary N) is 1. The first-order chi connectivity index (χ1) is 16.9. The maximum Gasteiger partial charge on any atom is 0.694 e. The van der Waals surface area contributed by atoms with Crippen LogP contribution in [0.4, 0.5) is 0 Å². The van der Waals surface area contributed by atoms with Crippen molar-refractivity contribution in [1.29, 1.82) is 0 Å². The largest absolute Gasteiger partial charge is 0.694 e. The molecule has 2 aromatic carbocycles. The molecular weight excluding hydrogens is 489 g/mol. The molecule has 0 aliphatic carbocycles. The second kappa shape index (κ2) is 14.2. The maximum atomic E-state index is 10.5. The lowest BCUT2D eigenvalue weighted by molar-refractivity contribution is 0.242. The zero-order valence-corrected chi connectivity index (χ0v) is 21.7. The third kappa shape index (κ3) is 9.28. The third-order valence-electron chi connectivity index (χ3n) is 5.09. The average Bonchev–Trinajstić information content (AvgIpc) is 3.35. The minimum absolute atomic E-state index is 0.0807. The van der Waals surface area contributed by atoms with Crippen molar-refractivity contribution in [3.63, 3.8) is 0 Å². The van der Waals surface area contributed by atoms with Gasteiger partial charge in [-0.25, -0.2) is 0 Å². The van der Waals surface area contributed by atoms with E-state index in [1.165, 1.54) is 0 Å². The van der Waals surface area contributed by atoms with Crippen molar-refractivity contribution in [2.24, 2.45) is 0 Å². The summed E-state index contributed by atoms with van der Waals surface area (Å²) < 4.78 is 32.6. The number of furan rings is 1. The Morgan fingerprint density at radius 2 is 1.86 bits per heavy atom. The first-order valence-electron chi connectivity index (χ1n) is 11.7. The number of halogens is 1. The molecular formula is C26H32ClNO6P+. The van der Waals surface area contributed by atoms with Crippen LogP contribution in [-0.2, 0) is 22.1 Å². The molecule has 2 N–H and O–H groups in total. The lowest BCUT2D eigenvalue weighted by Crippen LogP contribution is -2.16. The van der Waals surface area contributed by atoms with Gasteiger partial charge in [0.2, 0.25) is 0 Å². The van der Waals surface area contributed by atoms with E-state index in [0.717, 1.165) is 41.0 Å². The fourth-order valence-electron chi connectivity index (χ4n) is 3.52. The number of ether oxygens (including phenoxy) is 2. The van der Waals surface area contributed by atoms with Crippen molar-refractivity contribution >= 4 is 19.9 Å². The van der Waals surface area contributed by atoms with Crippen LogP contribution < -0.4 is 14.8 Å². The fourth-order valence-corrected chi connectivity index (χ4v) is 4.05. The molecule has 0 fully saturated rings. The Morgan fingerprint density at radius 1 is 1.06 bits per heavy atom. The quantitative estimate of drug-likeness (QED) is 0.173. The van der Waals surface area contributed by atoms with Crippen LogP contribution in [0.2, 0.25) is 5.02 Å². The highest BCUT2D eigenvalue weighted by atomic mass is 35.5. The maximum absolute atomic E-state index is 10.5. The Balaban J connectivity index is 1.53. The second-order valence-corrected chi connectivity index (χ2v) is 9.43. The van der Waals surface area contributed by atoms with E-state index in [-0.39, 0.29) is 12.7 Å². The Labute approximate surface area is 212 Å². The predicted molar refractivity (Wildman–Crippen MR) is 137 cm³/mol. The minimum atomic E-state index is -2.53. The molecule has 1 heterocycles. The van der Waals surface area contributed by atoms with Crippen LogP contribution in [0.1, 0.15) is 37.8 Å². The Morgan fingerprint density at radius 3 is 2.57 bits per heavy atom. The summed E-state index contributed by atoms with van der Waals surface area (Å²) in [4.78, 5) is 8.65. The summed E-state index contributed by atoms with van der Waals surface area (Å²) in [5, 5.41) is 3.93. The molecule has 0 saturated heterocycles. The van der Waals surface area contributed by atoms with Gasteiger partial charge in [0.1, 0.15) is 23.9 Å². The zero-order valence-electron chi connectivity index (χ0n) is 20.0. The lowest BCUT2D eigenvalue weighted by atomic mass is 10.1. The van der Waals surface area contributed by atoms with E-state index in [0.29, 0.717) is 36.9 Å².